The molecule has 156 valence electrons. The Hall–Kier alpha value is -3.45. The van der Waals surface area contributed by atoms with E-state index in [-0.39, 0.29) is 5.91 Å². The largest absolute Gasteiger partial charge is 0.348 e. The molecule has 4 aromatic rings. The fraction of sp³-hybridized carbons (Fsp3) is 0.167. The van der Waals surface area contributed by atoms with Crippen molar-refractivity contribution in [1.29, 1.82) is 0 Å². The molecule has 2 aromatic heterocycles. The number of benzene rings is 2. The molecule has 0 aliphatic heterocycles. The van der Waals surface area contributed by atoms with Gasteiger partial charge in [0.15, 0.2) is 11.0 Å². The van der Waals surface area contributed by atoms with Crippen LogP contribution in [0.25, 0.3) is 17.1 Å². The van der Waals surface area contributed by atoms with Crippen LogP contribution >= 0.6 is 11.8 Å². The molecule has 31 heavy (non-hydrogen) atoms. The number of aryl methyl sites for hydroxylation is 1. The maximum atomic E-state index is 13.1. The number of rotatable bonds is 6. The molecule has 0 bridgehead atoms. The Morgan fingerprint density at radius 3 is 2.26 bits per heavy atom. The lowest BCUT2D eigenvalue weighted by Crippen LogP contribution is -2.27. The third-order valence-electron chi connectivity index (χ3n) is 4.85. The summed E-state index contributed by atoms with van der Waals surface area (Å²) in [6.07, 6.45) is 3.47. The number of carbonyl (C=O) groups is 1. The minimum atomic E-state index is -0.435. The number of nitrogens with zero attached hydrogens (tertiary/aromatic N) is 5. The van der Waals surface area contributed by atoms with Crippen LogP contribution in [-0.2, 0) is 4.79 Å². The minimum Gasteiger partial charge on any atom is -0.348 e. The molecule has 0 N–H and O–H groups in total. The Morgan fingerprint density at radius 1 is 0.935 bits per heavy atom. The number of amides is 1. The van der Waals surface area contributed by atoms with Crippen molar-refractivity contribution in [2.24, 2.45) is 0 Å². The van der Waals surface area contributed by atoms with Crippen molar-refractivity contribution in [2.45, 2.75) is 17.3 Å². The summed E-state index contributed by atoms with van der Waals surface area (Å²) in [6.45, 7) is 2.05. The molecule has 1 atom stereocenters. The van der Waals surface area contributed by atoms with E-state index in [2.05, 4.69) is 34.2 Å². The second-order valence-corrected chi connectivity index (χ2v) is 8.43. The first-order valence-corrected chi connectivity index (χ1v) is 10.8. The maximum absolute atomic E-state index is 13.1. The monoisotopic (exact) mass is 429 g/mol. The standard InChI is InChI=1S/C24H23N5OS/c1-17-9-11-20(12-10-17)29-22(19-13-15-25-16-14-19)26-27-24(29)31-21(23(30)28(2)3)18-7-5-4-6-8-18/h4-16,21H,1-3H3. The lowest BCUT2D eigenvalue weighted by molar-refractivity contribution is -0.128. The molecule has 2 heterocycles. The van der Waals surface area contributed by atoms with E-state index in [9.17, 15) is 4.79 Å². The topological polar surface area (TPSA) is 63.9 Å². The summed E-state index contributed by atoms with van der Waals surface area (Å²) < 4.78 is 2.00. The zero-order chi connectivity index (χ0) is 21.8. The lowest BCUT2D eigenvalue weighted by Gasteiger charge is -2.20. The van der Waals surface area contributed by atoms with Gasteiger partial charge < -0.3 is 4.90 Å². The predicted molar refractivity (Wildman–Crippen MR) is 123 cm³/mol. The van der Waals surface area contributed by atoms with E-state index >= 15 is 0 Å². The highest BCUT2D eigenvalue weighted by atomic mass is 32.2. The average molecular weight is 430 g/mol. The Kier molecular flexibility index (Phi) is 6.13. The second kappa shape index (κ2) is 9.14. The van der Waals surface area contributed by atoms with Crippen LogP contribution in [0.2, 0.25) is 0 Å². The molecule has 7 heteroatoms. The van der Waals surface area contributed by atoms with Crippen LogP contribution in [0.3, 0.4) is 0 Å². The molecule has 2 aromatic carbocycles. The predicted octanol–water partition coefficient (Wildman–Crippen LogP) is 4.56. The van der Waals surface area contributed by atoms with Gasteiger partial charge in [-0.05, 0) is 36.8 Å². The van der Waals surface area contributed by atoms with Crippen molar-refractivity contribution in [3.8, 4) is 17.1 Å². The van der Waals surface area contributed by atoms with Gasteiger partial charge in [0, 0.05) is 37.7 Å². The average Bonchev–Trinajstić information content (AvgIpc) is 3.22. The number of pyridine rings is 1. The Bertz CT molecular complexity index is 1160. The maximum Gasteiger partial charge on any atom is 0.240 e. The second-order valence-electron chi connectivity index (χ2n) is 7.35. The summed E-state index contributed by atoms with van der Waals surface area (Å²) in [4.78, 5) is 18.8. The van der Waals surface area contributed by atoms with Crippen LogP contribution in [0.4, 0.5) is 0 Å². The molecule has 0 spiro atoms. The van der Waals surface area contributed by atoms with Crippen molar-refractivity contribution in [2.75, 3.05) is 14.1 Å². The van der Waals surface area contributed by atoms with Crippen LogP contribution in [0.15, 0.2) is 84.3 Å². The third-order valence-corrected chi connectivity index (χ3v) is 6.04. The van der Waals surface area contributed by atoms with Crippen molar-refractivity contribution in [3.63, 3.8) is 0 Å². The van der Waals surface area contributed by atoms with Crippen LogP contribution in [0, 0.1) is 6.92 Å². The van der Waals surface area contributed by atoms with Crippen molar-refractivity contribution in [3.05, 3.63) is 90.3 Å². The minimum absolute atomic E-state index is 0.000109. The van der Waals surface area contributed by atoms with E-state index in [1.54, 1.807) is 31.4 Å². The molecule has 0 saturated carbocycles. The summed E-state index contributed by atoms with van der Waals surface area (Å²) >= 11 is 1.40. The smallest absolute Gasteiger partial charge is 0.240 e. The molecule has 0 aliphatic carbocycles. The molecule has 0 aliphatic rings. The Morgan fingerprint density at radius 2 is 1.61 bits per heavy atom. The van der Waals surface area contributed by atoms with Crippen LogP contribution in [0.5, 0.6) is 0 Å². The first-order valence-electron chi connectivity index (χ1n) is 9.90. The number of thioether (sulfide) groups is 1. The normalized spacial score (nSPS) is 11.8. The Labute approximate surface area is 186 Å². The van der Waals surface area contributed by atoms with Gasteiger partial charge in [-0.3, -0.25) is 14.3 Å². The van der Waals surface area contributed by atoms with E-state index in [1.165, 1.54) is 17.3 Å². The highest BCUT2D eigenvalue weighted by molar-refractivity contribution is 8.00. The number of aromatic nitrogens is 4. The quantitative estimate of drug-likeness (QED) is 0.421. The van der Waals surface area contributed by atoms with Crippen molar-refractivity contribution < 1.29 is 4.79 Å². The van der Waals surface area contributed by atoms with E-state index in [4.69, 9.17) is 0 Å². The molecule has 0 radical (unpaired) electrons. The highest BCUT2D eigenvalue weighted by Gasteiger charge is 2.27. The molecule has 0 saturated heterocycles. The zero-order valence-electron chi connectivity index (χ0n) is 17.6. The van der Waals surface area contributed by atoms with Crippen molar-refractivity contribution in [1.82, 2.24) is 24.6 Å². The van der Waals surface area contributed by atoms with Gasteiger partial charge in [-0.2, -0.15) is 0 Å². The first-order chi connectivity index (χ1) is 15.0. The van der Waals surface area contributed by atoms with Gasteiger partial charge in [0.1, 0.15) is 5.25 Å². The molecule has 4 rings (SSSR count). The highest BCUT2D eigenvalue weighted by Crippen LogP contribution is 2.38. The molecule has 6 nitrogen and oxygen atoms in total. The molecule has 1 amide bonds. The third kappa shape index (κ3) is 4.51. The fourth-order valence-electron chi connectivity index (χ4n) is 3.19. The van der Waals surface area contributed by atoms with Gasteiger partial charge in [0.05, 0.1) is 0 Å². The van der Waals surface area contributed by atoms with Gasteiger partial charge in [-0.1, -0.05) is 59.8 Å². The molecular weight excluding hydrogens is 406 g/mol. The summed E-state index contributed by atoms with van der Waals surface area (Å²) in [5.41, 5.74) is 3.94. The van der Waals surface area contributed by atoms with E-state index in [0.29, 0.717) is 11.0 Å². The summed E-state index contributed by atoms with van der Waals surface area (Å²) in [6, 6.07) is 21.8. The van der Waals surface area contributed by atoms with E-state index < -0.39 is 5.25 Å². The van der Waals surface area contributed by atoms with Gasteiger partial charge in [0.25, 0.3) is 0 Å². The zero-order valence-corrected chi connectivity index (χ0v) is 18.5. The first kappa shape index (κ1) is 20.8. The number of hydrogen-bond donors (Lipinski definition) is 0. The summed E-state index contributed by atoms with van der Waals surface area (Å²) in [7, 11) is 3.54. The lowest BCUT2D eigenvalue weighted by atomic mass is 10.1. The molecule has 1 unspecified atom stereocenters. The summed E-state index contributed by atoms with van der Waals surface area (Å²) in [5.74, 6) is 0.706. The number of hydrogen-bond acceptors (Lipinski definition) is 5. The van der Waals surface area contributed by atoms with E-state index in [1.807, 2.05) is 59.2 Å². The Balaban J connectivity index is 1.83. The SMILES string of the molecule is Cc1ccc(-n2c(SC(C(=O)N(C)C)c3ccccc3)nnc2-c2ccncc2)cc1. The van der Waals surface area contributed by atoms with Crippen molar-refractivity contribution >= 4 is 17.7 Å². The molecule has 0 fully saturated rings. The van der Waals surface area contributed by atoms with Gasteiger partial charge in [-0.15, -0.1) is 10.2 Å². The fourth-order valence-corrected chi connectivity index (χ4v) is 4.39. The van der Waals surface area contributed by atoms with Crippen LogP contribution in [0.1, 0.15) is 16.4 Å². The number of likely N-dealkylation sites (N-methyl/N-ethyl adjacent to an activating group) is 1. The summed E-state index contributed by atoms with van der Waals surface area (Å²) in [5, 5.41) is 9.18. The van der Waals surface area contributed by atoms with E-state index in [0.717, 1.165) is 16.8 Å². The molecular formula is C24H23N5OS. The van der Waals surface area contributed by atoms with Crippen LogP contribution < -0.4 is 0 Å². The van der Waals surface area contributed by atoms with Gasteiger partial charge >= 0.3 is 0 Å². The number of carbonyl (C=O) groups excluding carboxylic acids is 1. The van der Waals surface area contributed by atoms with Gasteiger partial charge in [-0.25, -0.2) is 0 Å². The van der Waals surface area contributed by atoms with Crippen LogP contribution in [-0.4, -0.2) is 44.7 Å². The van der Waals surface area contributed by atoms with Gasteiger partial charge in [0.2, 0.25) is 5.91 Å².